The van der Waals surface area contributed by atoms with Gasteiger partial charge in [0.05, 0.1) is 11.5 Å². The molecule has 1 saturated heterocycles. The zero-order valence-corrected chi connectivity index (χ0v) is 17.5. The summed E-state index contributed by atoms with van der Waals surface area (Å²) in [6.07, 6.45) is 1.17. The van der Waals surface area contributed by atoms with E-state index in [1.807, 2.05) is 37.3 Å². The first-order valence-electron chi connectivity index (χ1n) is 8.53. The third-order valence-corrected chi connectivity index (χ3v) is 6.22. The van der Waals surface area contributed by atoms with Gasteiger partial charge in [-0.05, 0) is 49.1 Å². The van der Waals surface area contributed by atoms with Crippen LogP contribution in [-0.2, 0) is 14.9 Å². The Morgan fingerprint density at radius 1 is 1.19 bits per heavy atom. The smallest absolute Gasteiger partial charge is 0.231 e. The quantitative estimate of drug-likeness (QED) is 0.642. The van der Waals surface area contributed by atoms with E-state index in [1.54, 1.807) is 12.1 Å². The Bertz CT molecular complexity index is 806. The van der Waals surface area contributed by atoms with E-state index in [9.17, 15) is 4.79 Å². The normalized spacial score (nSPS) is 17.5. The fraction of sp³-hybridized carbons (Fsp3) is 0.350. The molecule has 0 saturated carbocycles. The van der Waals surface area contributed by atoms with Gasteiger partial charge >= 0.3 is 0 Å². The molecule has 1 amide bonds. The van der Waals surface area contributed by atoms with Crippen molar-refractivity contribution in [2.75, 3.05) is 13.2 Å². The molecule has 0 aromatic heterocycles. The number of carbonyl (C=O) groups excluding carboxylic acids is 1. The summed E-state index contributed by atoms with van der Waals surface area (Å²) < 4.78 is 6.48. The SMILES string of the molecule is CC(NC(=O)C1(c2ccc(Cl)cc2Cl)CCOCC1)c1ccccc1Br. The molecule has 1 atom stereocenters. The molecule has 1 N–H and O–H groups in total. The fourth-order valence-corrected chi connectivity index (χ4v) is 4.67. The van der Waals surface area contributed by atoms with Crippen molar-refractivity contribution in [2.45, 2.75) is 31.2 Å². The summed E-state index contributed by atoms with van der Waals surface area (Å²) in [7, 11) is 0. The van der Waals surface area contributed by atoms with Crippen molar-refractivity contribution >= 4 is 45.0 Å². The molecular weight excluding hydrogens is 437 g/mol. The van der Waals surface area contributed by atoms with E-state index in [1.165, 1.54) is 0 Å². The van der Waals surface area contributed by atoms with E-state index in [0.717, 1.165) is 15.6 Å². The summed E-state index contributed by atoms with van der Waals surface area (Å²) in [5.41, 5.74) is 1.13. The predicted molar refractivity (Wildman–Crippen MR) is 109 cm³/mol. The van der Waals surface area contributed by atoms with Crippen LogP contribution in [0.3, 0.4) is 0 Å². The molecule has 3 nitrogen and oxygen atoms in total. The predicted octanol–water partition coefficient (Wildman–Crippen LogP) is 5.68. The summed E-state index contributed by atoms with van der Waals surface area (Å²) >= 11 is 16.1. The lowest BCUT2D eigenvalue weighted by molar-refractivity contribution is -0.131. The number of benzene rings is 2. The number of nitrogens with one attached hydrogen (secondary N) is 1. The van der Waals surface area contributed by atoms with E-state index in [4.69, 9.17) is 27.9 Å². The monoisotopic (exact) mass is 455 g/mol. The minimum atomic E-state index is -0.713. The number of hydrogen-bond acceptors (Lipinski definition) is 2. The van der Waals surface area contributed by atoms with Gasteiger partial charge in [0, 0.05) is 27.7 Å². The molecule has 1 aliphatic rings. The number of amides is 1. The van der Waals surface area contributed by atoms with Crippen LogP contribution in [0.1, 0.15) is 36.9 Å². The molecule has 0 aliphatic carbocycles. The second-order valence-corrected chi connectivity index (χ2v) is 8.23. The lowest BCUT2D eigenvalue weighted by Gasteiger charge is -2.37. The van der Waals surface area contributed by atoms with Crippen molar-refractivity contribution < 1.29 is 9.53 Å². The molecule has 0 bridgehead atoms. The molecule has 2 aromatic rings. The summed E-state index contributed by atoms with van der Waals surface area (Å²) in [5, 5.41) is 4.25. The van der Waals surface area contributed by atoms with Gasteiger partial charge in [-0.25, -0.2) is 0 Å². The van der Waals surface area contributed by atoms with Crippen LogP contribution in [0.25, 0.3) is 0 Å². The van der Waals surface area contributed by atoms with Gasteiger partial charge in [-0.3, -0.25) is 4.79 Å². The zero-order chi connectivity index (χ0) is 18.7. The fourth-order valence-electron chi connectivity index (χ4n) is 3.45. The largest absolute Gasteiger partial charge is 0.381 e. The van der Waals surface area contributed by atoms with E-state index < -0.39 is 5.41 Å². The van der Waals surface area contributed by atoms with E-state index in [-0.39, 0.29) is 11.9 Å². The van der Waals surface area contributed by atoms with Crippen LogP contribution in [0.2, 0.25) is 10.0 Å². The summed E-state index contributed by atoms with van der Waals surface area (Å²) in [6.45, 7) is 3.03. The Morgan fingerprint density at radius 3 is 2.54 bits per heavy atom. The van der Waals surface area contributed by atoms with Crippen molar-refractivity contribution in [3.8, 4) is 0 Å². The lowest BCUT2D eigenvalue weighted by Crippen LogP contribution is -2.48. The highest BCUT2D eigenvalue weighted by atomic mass is 79.9. The van der Waals surface area contributed by atoms with Crippen LogP contribution in [0.15, 0.2) is 46.9 Å². The first kappa shape index (κ1) is 19.7. The highest BCUT2D eigenvalue weighted by Crippen LogP contribution is 2.40. The number of carbonyl (C=O) groups is 1. The molecule has 1 fully saturated rings. The van der Waals surface area contributed by atoms with Gasteiger partial charge in [0.2, 0.25) is 5.91 Å². The van der Waals surface area contributed by atoms with Crippen molar-refractivity contribution in [2.24, 2.45) is 0 Å². The maximum Gasteiger partial charge on any atom is 0.231 e. The van der Waals surface area contributed by atoms with Crippen LogP contribution in [0.5, 0.6) is 0 Å². The van der Waals surface area contributed by atoms with E-state index in [0.29, 0.717) is 36.1 Å². The van der Waals surface area contributed by atoms with Crippen LogP contribution >= 0.6 is 39.1 Å². The molecule has 26 heavy (non-hydrogen) atoms. The number of hydrogen-bond donors (Lipinski definition) is 1. The summed E-state index contributed by atoms with van der Waals surface area (Å²) in [5.74, 6) is -0.0340. The van der Waals surface area contributed by atoms with Gasteiger partial charge in [-0.2, -0.15) is 0 Å². The summed E-state index contributed by atoms with van der Waals surface area (Å²) in [4.78, 5) is 13.4. The Morgan fingerprint density at radius 2 is 1.88 bits per heavy atom. The standard InChI is InChI=1S/C20H20BrCl2NO2/c1-13(15-4-2-3-5-17(15)21)24-19(25)20(8-10-26-11-9-20)16-7-6-14(22)12-18(16)23/h2-7,12-13H,8-11H2,1H3,(H,24,25). The highest BCUT2D eigenvalue weighted by Gasteiger charge is 2.43. The van der Waals surface area contributed by atoms with E-state index >= 15 is 0 Å². The van der Waals surface area contributed by atoms with Crippen LogP contribution < -0.4 is 5.32 Å². The maximum atomic E-state index is 13.4. The first-order valence-corrected chi connectivity index (χ1v) is 10.1. The van der Waals surface area contributed by atoms with Gasteiger partial charge < -0.3 is 10.1 Å². The van der Waals surface area contributed by atoms with Gasteiger partial charge in [-0.15, -0.1) is 0 Å². The molecule has 1 aliphatic heterocycles. The van der Waals surface area contributed by atoms with Gasteiger partial charge in [0.15, 0.2) is 0 Å². The lowest BCUT2D eigenvalue weighted by atomic mass is 9.73. The third kappa shape index (κ3) is 3.94. The second-order valence-electron chi connectivity index (χ2n) is 6.54. The van der Waals surface area contributed by atoms with Gasteiger partial charge in [0.25, 0.3) is 0 Å². The minimum absolute atomic E-state index is 0.0340. The molecule has 0 radical (unpaired) electrons. The first-order chi connectivity index (χ1) is 12.4. The van der Waals surface area contributed by atoms with Gasteiger partial charge in [-0.1, -0.05) is 63.4 Å². The zero-order valence-electron chi connectivity index (χ0n) is 14.4. The Balaban J connectivity index is 1.92. The average Bonchev–Trinajstić information content (AvgIpc) is 2.62. The molecule has 138 valence electrons. The van der Waals surface area contributed by atoms with Crippen LogP contribution in [0.4, 0.5) is 0 Å². The average molecular weight is 457 g/mol. The van der Waals surface area contributed by atoms with Crippen molar-refractivity contribution in [3.63, 3.8) is 0 Å². The number of ether oxygens (including phenoxy) is 1. The molecule has 1 heterocycles. The Labute approximate surface area is 172 Å². The third-order valence-electron chi connectivity index (χ3n) is 4.95. The molecule has 3 rings (SSSR count). The maximum absolute atomic E-state index is 13.4. The molecule has 2 aromatic carbocycles. The van der Waals surface area contributed by atoms with E-state index in [2.05, 4.69) is 21.2 Å². The topological polar surface area (TPSA) is 38.3 Å². The second kappa shape index (κ2) is 8.30. The molecule has 1 unspecified atom stereocenters. The van der Waals surface area contributed by atoms with Crippen LogP contribution in [-0.4, -0.2) is 19.1 Å². The number of rotatable bonds is 4. The van der Waals surface area contributed by atoms with Crippen LogP contribution in [0, 0.1) is 0 Å². The summed E-state index contributed by atoms with van der Waals surface area (Å²) in [6, 6.07) is 13.1. The Hall–Kier alpha value is -1.07. The minimum Gasteiger partial charge on any atom is -0.381 e. The number of halogens is 3. The van der Waals surface area contributed by atoms with Crippen molar-refractivity contribution in [1.82, 2.24) is 5.32 Å². The van der Waals surface area contributed by atoms with Crippen molar-refractivity contribution in [3.05, 3.63) is 68.1 Å². The van der Waals surface area contributed by atoms with Gasteiger partial charge in [0.1, 0.15) is 0 Å². The Kier molecular flexibility index (Phi) is 6.29. The highest BCUT2D eigenvalue weighted by molar-refractivity contribution is 9.10. The molecule has 0 spiro atoms. The molecule has 6 heteroatoms. The van der Waals surface area contributed by atoms with Crippen molar-refractivity contribution in [1.29, 1.82) is 0 Å². The molecular formula is C20H20BrCl2NO2.